The Bertz CT molecular complexity index is 898. The monoisotopic (exact) mass is 459 g/mol. The second-order valence-corrected chi connectivity index (χ2v) is 10.0. The van der Waals surface area contributed by atoms with Crippen LogP contribution in [0.5, 0.6) is 0 Å². The number of halogens is 1. The van der Waals surface area contributed by atoms with Crippen molar-refractivity contribution in [2.75, 3.05) is 31.1 Å². The molecule has 0 spiro atoms. The third-order valence-electron chi connectivity index (χ3n) is 5.99. The number of rotatable bonds is 7. The third-order valence-corrected chi connectivity index (χ3v) is 7.12. The standard InChI is InChI=1S/C25H33N3OS.ClH/c1-18(2)12-13-26-25(29)20-10-11-24-22(16-20)28(19(3)17-27-14-6-7-15-27)21-8-4-5-9-23(21)30-24;/h4-5,8-11,16,18-19H,6-7,12-15,17H2,1-3H3,(H,26,29);1H/t19-;/m1./s1. The number of nitrogens with one attached hydrogen (secondary N) is 1. The number of carbonyl (C=O) groups is 1. The molecule has 0 saturated carbocycles. The fourth-order valence-electron chi connectivity index (χ4n) is 4.40. The van der Waals surface area contributed by atoms with Crippen molar-refractivity contribution < 1.29 is 4.79 Å². The number of hydrogen-bond donors (Lipinski definition) is 1. The minimum atomic E-state index is 0. The molecular formula is C25H34ClN3OS. The first-order valence-corrected chi connectivity index (χ1v) is 12.1. The summed E-state index contributed by atoms with van der Waals surface area (Å²) in [5.41, 5.74) is 3.15. The van der Waals surface area contributed by atoms with Crippen molar-refractivity contribution in [1.82, 2.24) is 10.2 Å². The summed E-state index contributed by atoms with van der Waals surface area (Å²) >= 11 is 1.80. The number of benzene rings is 2. The molecule has 2 aliphatic heterocycles. The first kappa shape index (κ1) is 24.0. The Kier molecular flexibility index (Phi) is 8.31. The van der Waals surface area contributed by atoms with E-state index in [9.17, 15) is 4.79 Å². The van der Waals surface area contributed by atoms with Gasteiger partial charge in [-0.05, 0) is 75.5 Å². The molecule has 0 aromatic heterocycles. The highest BCUT2D eigenvalue weighted by Gasteiger charge is 2.29. The Balaban J connectivity index is 0.00000272. The molecular weight excluding hydrogens is 426 g/mol. The van der Waals surface area contributed by atoms with E-state index in [4.69, 9.17) is 0 Å². The molecule has 2 aromatic carbocycles. The van der Waals surface area contributed by atoms with Crippen LogP contribution in [-0.2, 0) is 0 Å². The highest BCUT2D eigenvalue weighted by Crippen LogP contribution is 2.49. The van der Waals surface area contributed by atoms with E-state index in [0.717, 1.165) is 30.8 Å². The van der Waals surface area contributed by atoms with E-state index in [1.54, 1.807) is 11.8 Å². The summed E-state index contributed by atoms with van der Waals surface area (Å²) in [6.07, 6.45) is 3.60. The smallest absolute Gasteiger partial charge is 0.251 e. The lowest BCUT2D eigenvalue weighted by Crippen LogP contribution is -2.40. The predicted molar refractivity (Wildman–Crippen MR) is 133 cm³/mol. The van der Waals surface area contributed by atoms with Crippen LogP contribution in [0.2, 0.25) is 0 Å². The molecule has 2 heterocycles. The Morgan fingerprint density at radius 2 is 1.74 bits per heavy atom. The first-order valence-electron chi connectivity index (χ1n) is 11.2. The zero-order chi connectivity index (χ0) is 21.1. The summed E-state index contributed by atoms with van der Waals surface area (Å²) in [7, 11) is 0. The van der Waals surface area contributed by atoms with Crippen LogP contribution in [0.25, 0.3) is 0 Å². The van der Waals surface area contributed by atoms with E-state index in [1.165, 1.54) is 41.4 Å². The van der Waals surface area contributed by atoms with Crippen molar-refractivity contribution >= 4 is 41.5 Å². The molecule has 1 N–H and O–H groups in total. The van der Waals surface area contributed by atoms with Crippen LogP contribution in [0.4, 0.5) is 11.4 Å². The van der Waals surface area contributed by atoms with Crippen LogP contribution in [0.1, 0.15) is 50.4 Å². The first-order chi connectivity index (χ1) is 14.5. The number of hydrogen-bond acceptors (Lipinski definition) is 4. The van der Waals surface area contributed by atoms with Crippen molar-refractivity contribution in [3.63, 3.8) is 0 Å². The molecule has 4 rings (SSSR count). The molecule has 6 heteroatoms. The van der Waals surface area contributed by atoms with Crippen LogP contribution in [0.3, 0.4) is 0 Å². The highest BCUT2D eigenvalue weighted by molar-refractivity contribution is 7.99. The molecule has 31 heavy (non-hydrogen) atoms. The van der Waals surface area contributed by atoms with Gasteiger partial charge in [-0.3, -0.25) is 4.79 Å². The van der Waals surface area contributed by atoms with Gasteiger partial charge in [-0.1, -0.05) is 37.7 Å². The minimum absolute atomic E-state index is 0. The van der Waals surface area contributed by atoms with E-state index < -0.39 is 0 Å². The van der Waals surface area contributed by atoms with Gasteiger partial charge < -0.3 is 15.1 Å². The number of nitrogens with zero attached hydrogens (tertiary/aromatic N) is 2. The minimum Gasteiger partial charge on any atom is -0.352 e. The average Bonchev–Trinajstić information content (AvgIpc) is 3.24. The predicted octanol–water partition coefficient (Wildman–Crippen LogP) is 5.97. The van der Waals surface area contributed by atoms with Gasteiger partial charge in [0.2, 0.25) is 0 Å². The van der Waals surface area contributed by atoms with Gasteiger partial charge in [-0.25, -0.2) is 0 Å². The van der Waals surface area contributed by atoms with E-state index in [2.05, 4.69) is 72.3 Å². The van der Waals surface area contributed by atoms with Gasteiger partial charge in [-0.15, -0.1) is 12.4 Å². The quantitative estimate of drug-likeness (QED) is 0.553. The summed E-state index contributed by atoms with van der Waals surface area (Å²) in [5, 5.41) is 3.09. The molecule has 0 unspecified atom stereocenters. The lowest BCUT2D eigenvalue weighted by atomic mass is 10.1. The van der Waals surface area contributed by atoms with Gasteiger partial charge >= 0.3 is 0 Å². The summed E-state index contributed by atoms with van der Waals surface area (Å²) in [6.45, 7) is 10.8. The number of amides is 1. The van der Waals surface area contributed by atoms with Crippen LogP contribution >= 0.6 is 24.2 Å². The molecule has 1 atom stereocenters. The summed E-state index contributed by atoms with van der Waals surface area (Å²) in [4.78, 5) is 20.3. The van der Waals surface area contributed by atoms with Gasteiger partial charge in [0.1, 0.15) is 0 Å². The molecule has 2 aromatic rings. The second kappa shape index (κ2) is 10.8. The van der Waals surface area contributed by atoms with Crippen molar-refractivity contribution in [2.45, 2.75) is 55.9 Å². The second-order valence-electron chi connectivity index (χ2n) is 8.92. The van der Waals surface area contributed by atoms with Gasteiger partial charge in [0.05, 0.1) is 11.4 Å². The Morgan fingerprint density at radius 1 is 1.03 bits per heavy atom. The van der Waals surface area contributed by atoms with Gasteiger partial charge in [0, 0.05) is 34.5 Å². The lowest BCUT2D eigenvalue weighted by molar-refractivity contribution is 0.0952. The van der Waals surface area contributed by atoms with Crippen LogP contribution in [-0.4, -0.2) is 43.0 Å². The van der Waals surface area contributed by atoms with Crippen molar-refractivity contribution in [3.05, 3.63) is 48.0 Å². The normalized spacial score (nSPS) is 16.5. The highest BCUT2D eigenvalue weighted by atomic mass is 35.5. The van der Waals surface area contributed by atoms with E-state index in [-0.39, 0.29) is 18.3 Å². The van der Waals surface area contributed by atoms with E-state index >= 15 is 0 Å². The third kappa shape index (κ3) is 5.57. The number of anilines is 2. The van der Waals surface area contributed by atoms with Crippen molar-refractivity contribution in [1.29, 1.82) is 0 Å². The number of carbonyl (C=O) groups excluding carboxylic acids is 1. The van der Waals surface area contributed by atoms with Crippen LogP contribution in [0.15, 0.2) is 52.3 Å². The Hall–Kier alpha value is -1.69. The number of fused-ring (bicyclic) bond motifs is 2. The summed E-state index contributed by atoms with van der Waals surface area (Å²) in [5.74, 6) is 0.609. The molecule has 1 amide bonds. The zero-order valence-corrected chi connectivity index (χ0v) is 20.4. The molecule has 1 saturated heterocycles. The number of likely N-dealkylation sites (tertiary alicyclic amines) is 1. The molecule has 168 valence electrons. The fourth-order valence-corrected chi connectivity index (χ4v) is 5.45. The summed E-state index contributed by atoms with van der Waals surface area (Å²) in [6, 6.07) is 15.1. The molecule has 2 aliphatic rings. The van der Waals surface area contributed by atoms with E-state index in [1.807, 2.05) is 6.07 Å². The molecule has 4 nitrogen and oxygen atoms in total. The van der Waals surface area contributed by atoms with Crippen molar-refractivity contribution in [2.24, 2.45) is 5.92 Å². The Labute approximate surface area is 197 Å². The SMILES string of the molecule is CC(C)CCNC(=O)c1ccc2c(c1)N([C@H](C)CN1CCCC1)c1ccccc1S2.Cl. The molecule has 0 bridgehead atoms. The maximum atomic E-state index is 12.8. The topological polar surface area (TPSA) is 35.6 Å². The molecule has 1 fully saturated rings. The maximum absolute atomic E-state index is 12.8. The largest absolute Gasteiger partial charge is 0.352 e. The summed E-state index contributed by atoms with van der Waals surface area (Å²) < 4.78 is 0. The lowest BCUT2D eigenvalue weighted by Gasteiger charge is -2.39. The fraction of sp³-hybridized carbons (Fsp3) is 0.480. The van der Waals surface area contributed by atoms with Crippen LogP contribution in [0, 0.1) is 5.92 Å². The van der Waals surface area contributed by atoms with Crippen LogP contribution < -0.4 is 10.2 Å². The van der Waals surface area contributed by atoms with Gasteiger partial charge in [0.15, 0.2) is 0 Å². The van der Waals surface area contributed by atoms with E-state index in [0.29, 0.717) is 12.0 Å². The molecule has 0 aliphatic carbocycles. The maximum Gasteiger partial charge on any atom is 0.251 e. The van der Waals surface area contributed by atoms with Gasteiger partial charge in [-0.2, -0.15) is 0 Å². The van der Waals surface area contributed by atoms with Gasteiger partial charge in [0.25, 0.3) is 5.91 Å². The zero-order valence-electron chi connectivity index (χ0n) is 18.8. The van der Waals surface area contributed by atoms with Crippen molar-refractivity contribution in [3.8, 4) is 0 Å². The number of para-hydroxylation sites is 1. The average molecular weight is 460 g/mol. The Morgan fingerprint density at radius 3 is 2.48 bits per heavy atom. The molecule has 0 radical (unpaired) electrons.